The first-order valence-corrected chi connectivity index (χ1v) is 8.60. The van der Waals surface area contributed by atoms with Crippen molar-refractivity contribution in [3.05, 3.63) is 0 Å². The number of esters is 1. The maximum Gasteiger partial charge on any atom is 0.327 e. The number of hydrogen-bond donors (Lipinski definition) is 1. The molecule has 0 radical (unpaired) electrons. The van der Waals surface area contributed by atoms with E-state index in [9.17, 15) is 4.79 Å². The lowest BCUT2D eigenvalue weighted by molar-refractivity contribution is -0.151. The van der Waals surface area contributed by atoms with Crippen molar-refractivity contribution < 1.29 is 9.53 Å². The molecule has 0 bridgehead atoms. The Bertz CT molecular complexity index is 290. The van der Waals surface area contributed by atoms with E-state index < -0.39 is 5.54 Å². The smallest absolute Gasteiger partial charge is 0.327 e. The van der Waals surface area contributed by atoms with E-state index in [1.807, 2.05) is 18.7 Å². The van der Waals surface area contributed by atoms with Crippen molar-refractivity contribution in [3.8, 4) is 0 Å². The van der Waals surface area contributed by atoms with Crippen LogP contribution in [0, 0.1) is 11.8 Å². The van der Waals surface area contributed by atoms with Gasteiger partial charge in [-0.25, -0.2) is 0 Å². The standard InChI is InChI=1S/C15H29NO2S/c1-6-18-14(17)15(13-7-8-13,16-12(4)5)10-19-9-11(2)3/h11-13,16H,6-10H2,1-5H3. The Balaban J connectivity index is 2.75. The molecule has 0 aliphatic heterocycles. The minimum Gasteiger partial charge on any atom is -0.465 e. The molecule has 1 aliphatic rings. The topological polar surface area (TPSA) is 38.3 Å². The third-order valence-corrected chi connectivity index (χ3v) is 4.80. The molecular formula is C15H29NO2S. The molecule has 0 aromatic heterocycles. The summed E-state index contributed by atoms with van der Waals surface area (Å²) in [6.07, 6.45) is 2.28. The number of rotatable bonds is 9. The Morgan fingerprint density at radius 3 is 2.42 bits per heavy atom. The number of carbonyl (C=O) groups excluding carboxylic acids is 1. The van der Waals surface area contributed by atoms with Gasteiger partial charge < -0.3 is 4.74 Å². The zero-order valence-corrected chi connectivity index (χ0v) is 13.8. The molecule has 0 aromatic rings. The van der Waals surface area contributed by atoms with Gasteiger partial charge in [-0.1, -0.05) is 13.8 Å². The van der Waals surface area contributed by atoms with E-state index in [2.05, 4.69) is 33.0 Å². The van der Waals surface area contributed by atoms with Gasteiger partial charge in [0.05, 0.1) is 6.61 Å². The molecule has 0 amide bonds. The summed E-state index contributed by atoms with van der Waals surface area (Å²) in [6, 6.07) is 0.296. The van der Waals surface area contributed by atoms with E-state index in [1.165, 1.54) is 0 Å². The van der Waals surface area contributed by atoms with Gasteiger partial charge in [0.1, 0.15) is 5.54 Å². The minimum atomic E-state index is -0.469. The van der Waals surface area contributed by atoms with Gasteiger partial charge in [0.25, 0.3) is 0 Å². The van der Waals surface area contributed by atoms with Crippen LogP contribution in [0.2, 0.25) is 0 Å². The lowest BCUT2D eigenvalue weighted by Crippen LogP contribution is -2.59. The van der Waals surface area contributed by atoms with Gasteiger partial charge in [0.15, 0.2) is 0 Å². The Hall–Kier alpha value is -0.220. The van der Waals surface area contributed by atoms with Gasteiger partial charge in [-0.05, 0) is 51.2 Å². The fraction of sp³-hybridized carbons (Fsp3) is 0.933. The number of ether oxygens (including phenoxy) is 1. The number of nitrogens with one attached hydrogen (secondary N) is 1. The van der Waals surface area contributed by atoms with E-state index in [0.717, 1.165) is 24.3 Å². The minimum absolute atomic E-state index is 0.0533. The van der Waals surface area contributed by atoms with E-state index in [1.54, 1.807) is 0 Å². The highest BCUT2D eigenvalue weighted by Gasteiger charge is 2.52. The normalized spacial score (nSPS) is 18.7. The van der Waals surface area contributed by atoms with Gasteiger partial charge >= 0.3 is 5.97 Å². The molecule has 1 unspecified atom stereocenters. The van der Waals surface area contributed by atoms with Crippen LogP contribution in [-0.2, 0) is 9.53 Å². The average molecular weight is 287 g/mol. The van der Waals surface area contributed by atoms with Crippen LogP contribution in [0.5, 0.6) is 0 Å². The van der Waals surface area contributed by atoms with Crippen molar-refractivity contribution in [3.63, 3.8) is 0 Å². The molecular weight excluding hydrogens is 258 g/mol. The lowest BCUT2D eigenvalue weighted by atomic mass is 9.94. The van der Waals surface area contributed by atoms with Gasteiger partial charge in [0.2, 0.25) is 0 Å². The summed E-state index contributed by atoms with van der Waals surface area (Å²) in [7, 11) is 0. The predicted octanol–water partition coefficient (Wildman–Crippen LogP) is 3.09. The molecule has 112 valence electrons. The highest BCUT2D eigenvalue weighted by Crippen LogP contribution is 2.42. The second kappa shape index (κ2) is 7.53. The Labute approximate surface area is 122 Å². The molecule has 1 rings (SSSR count). The summed E-state index contributed by atoms with van der Waals surface area (Å²) in [6.45, 7) is 11.0. The predicted molar refractivity (Wildman–Crippen MR) is 82.5 cm³/mol. The van der Waals surface area contributed by atoms with Crippen LogP contribution >= 0.6 is 11.8 Å². The monoisotopic (exact) mass is 287 g/mol. The van der Waals surface area contributed by atoms with E-state index in [4.69, 9.17) is 4.74 Å². The number of hydrogen-bond acceptors (Lipinski definition) is 4. The first-order valence-electron chi connectivity index (χ1n) is 7.45. The van der Waals surface area contributed by atoms with Crippen LogP contribution in [0.15, 0.2) is 0 Å². The molecule has 4 heteroatoms. The van der Waals surface area contributed by atoms with E-state index >= 15 is 0 Å². The summed E-state index contributed by atoms with van der Waals surface area (Å²) in [5.41, 5.74) is -0.469. The van der Waals surface area contributed by atoms with Crippen molar-refractivity contribution in [1.29, 1.82) is 0 Å². The van der Waals surface area contributed by atoms with Crippen LogP contribution in [-0.4, -0.2) is 35.7 Å². The maximum atomic E-state index is 12.5. The molecule has 1 fully saturated rings. The Morgan fingerprint density at radius 1 is 1.37 bits per heavy atom. The molecule has 1 N–H and O–H groups in total. The van der Waals surface area contributed by atoms with Crippen LogP contribution in [0.1, 0.15) is 47.5 Å². The van der Waals surface area contributed by atoms with Crippen LogP contribution in [0.25, 0.3) is 0 Å². The van der Waals surface area contributed by atoms with E-state index in [-0.39, 0.29) is 5.97 Å². The molecule has 1 aliphatic carbocycles. The molecule has 0 aromatic carbocycles. The molecule has 19 heavy (non-hydrogen) atoms. The molecule has 3 nitrogen and oxygen atoms in total. The fourth-order valence-corrected chi connectivity index (χ4v) is 3.72. The SMILES string of the molecule is CCOC(=O)C(CSCC(C)C)(NC(C)C)C1CC1. The molecule has 0 spiro atoms. The van der Waals surface area contributed by atoms with Gasteiger partial charge in [-0.15, -0.1) is 0 Å². The number of thioether (sulfide) groups is 1. The second-order valence-electron chi connectivity index (χ2n) is 6.17. The summed E-state index contributed by atoms with van der Waals surface area (Å²) in [5, 5.41) is 3.52. The molecule has 1 saturated carbocycles. The lowest BCUT2D eigenvalue weighted by Gasteiger charge is -2.34. The Morgan fingerprint density at radius 2 is 2.00 bits per heavy atom. The van der Waals surface area contributed by atoms with E-state index in [0.29, 0.717) is 24.5 Å². The summed E-state index contributed by atoms with van der Waals surface area (Å²) < 4.78 is 5.35. The maximum absolute atomic E-state index is 12.5. The summed E-state index contributed by atoms with van der Waals surface area (Å²) in [5.74, 6) is 2.97. The molecule has 1 atom stereocenters. The van der Waals surface area contributed by atoms with Crippen molar-refractivity contribution in [2.24, 2.45) is 11.8 Å². The number of carbonyl (C=O) groups is 1. The van der Waals surface area contributed by atoms with Gasteiger partial charge in [0, 0.05) is 11.8 Å². The second-order valence-corrected chi connectivity index (χ2v) is 7.20. The highest BCUT2D eigenvalue weighted by atomic mass is 32.2. The zero-order chi connectivity index (χ0) is 14.5. The van der Waals surface area contributed by atoms with Gasteiger partial charge in [-0.2, -0.15) is 11.8 Å². The Kier molecular flexibility index (Phi) is 6.67. The molecule has 0 heterocycles. The highest BCUT2D eigenvalue weighted by molar-refractivity contribution is 7.99. The van der Waals surface area contributed by atoms with Crippen LogP contribution in [0.4, 0.5) is 0 Å². The zero-order valence-electron chi connectivity index (χ0n) is 13.0. The average Bonchev–Trinajstić information content (AvgIpc) is 3.10. The summed E-state index contributed by atoms with van der Waals surface area (Å²) in [4.78, 5) is 12.5. The first kappa shape index (κ1) is 16.8. The quantitative estimate of drug-likeness (QED) is 0.661. The van der Waals surface area contributed by atoms with Crippen LogP contribution in [0.3, 0.4) is 0 Å². The van der Waals surface area contributed by atoms with Gasteiger partial charge in [-0.3, -0.25) is 10.1 Å². The first-order chi connectivity index (χ1) is 8.92. The van der Waals surface area contributed by atoms with Crippen molar-refractivity contribution >= 4 is 17.7 Å². The summed E-state index contributed by atoms with van der Waals surface area (Å²) >= 11 is 1.87. The largest absolute Gasteiger partial charge is 0.465 e. The van der Waals surface area contributed by atoms with Crippen molar-refractivity contribution in [2.45, 2.75) is 59.0 Å². The molecule has 0 saturated heterocycles. The van der Waals surface area contributed by atoms with Crippen LogP contribution < -0.4 is 5.32 Å². The fourth-order valence-electron chi connectivity index (χ4n) is 2.37. The van der Waals surface area contributed by atoms with Crippen molar-refractivity contribution in [2.75, 3.05) is 18.1 Å². The third-order valence-electron chi connectivity index (χ3n) is 3.24. The van der Waals surface area contributed by atoms with Crippen molar-refractivity contribution in [1.82, 2.24) is 5.32 Å². The third kappa shape index (κ3) is 4.99.